The lowest BCUT2D eigenvalue weighted by molar-refractivity contribution is -0.342. The Hall–Kier alpha value is -4.56. The number of alkyl halides is 8. The first-order valence-electron chi connectivity index (χ1n) is 16.9. The van der Waals surface area contributed by atoms with Crippen molar-refractivity contribution in [1.29, 1.82) is 0 Å². The number of nitrogens with zero attached hydrogens (tertiary/aromatic N) is 2. The predicted octanol–water partition coefficient (Wildman–Crippen LogP) is 9.90. The molecule has 3 aromatic carbocycles. The summed E-state index contributed by atoms with van der Waals surface area (Å²) in [6.07, 6.45) is -1.48. The number of amides is 4. The molecule has 2 saturated carbocycles. The van der Waals surface area contributed by atoms with E-state index < -0.39 is 48.6 Å². The van der Waals surface area contributed by atoms with Crippen molar-refractivity contribution in [2.24, 2.45) is 11.8 Å². The molecule has 0 spiro atoms. The standard InChI is InChI=1S/C37H40F8N4O3/c1-23(27-13-14-27)48(20-25-9-5-3-6-10-25)33(50)46-29-17-18-31(52-22-35(40,41)37(44,45)36(42,43)32(38)39)30(19-29)47-34(51)49(24(2)28-15-16-28)21-26-11-7-4-8-12-26/h3-12,17-19,23-24,27-28,32H,13-16,20-22H2,1-2H3,(H,46,50)(H,47,51)/t23-,24+/m1/s1. The number of carbonyl (C=O) groups excluding carboxylic acids is 2. The van der Waals surface area contributed by atoms with E-state index in [9.17, 15) is 44.7 Å². The van der Waals surface area contributed by atoms with Gasteiger partial charge in [-0.2, -0.15) is 26.3 Å². The summed E-state index contributed by atoms with van der Waals surface area (Å²) < 4.78 is 115. The highest BCUT2D eigenvalue weighted by atomic mass is 19.4. The number of rotatable bonds is 16. The topological polar surface area (TPSA) is 73.9 Å². The molecule has 2 aliphatic rings. The van der Waals surface area contributed by atoms with Gasteiger partial charge in [-0.25, -0.2) is 18.4 Å². The Morgan fingerprint density at radius 2 is 1.19 bits per heavy atom. The summed E-state index contributed by atoms with van der Waals surface area (Å²) in [6, 6.07) is 19.8. The van der Waals surface area contributed by atoms with E-state index in [1.807, 2.05) is 44.2 Å². The van der Waals surface area contributed by atoms with Gasteiger partial charge in [0.2, 0.25) is 0 Å². The molecule has 7 nitrogen and oxygen atoms in total. The molecule has 0 unspecified atom stereocenters. The first kappa shape index (κ1) is 38.7. The van der Waals surface area contributed by atoms with Gasteiger partial charge in [0.15, 0.2) is 6.61 Å². The van der Waals surface area contributed by atoms with Gasteiger partial charge < -0.3 is 25.2 Å². The number of halogens is 8. The highest BCUT2D eigenvalue weighted by molar-refractivity contribution is 5.94. The van der Waals surface area contributed by atoms with Gasteiger partial charge in [-0.3, -0.25) is 0 Å². The zero-order valence-electron chi connectivity index (χ0n) is 28.5. The fraction of sp³-hybridized carbons (Fsp3) is 0.459. The van der Waals surface area contributed by atoms with Gasteiger partial charge in [0.1, 0.15) is 5.75 Å². The molecule has 52 heavy (non-hydrogen) atoms. The van der Waals surface area contributed by atoms with E-state index in [0.717, 1.165) is 48.9 Å². The first-order chi connectivity index (χ1) is 24.5. The zero-order chi connectivity index (χ0) is 37.8. The molecule has 282 valence electrons. The van der Waals surface area contributed by atoms with Crippen molar-refractivity contribution >= 4 is 23.4 Å². The molecule has 3 aromatic rings. The summed E-state index contributed by atoms with van der Waals surface area (Å²) in [5, 5.41) is 5.28. The number of ether oxygens (including phenoxy) is 1. The molecule has 15 heteroatoms. The third kappa shape index (κ3) is 8.90. The van der Waals surface area contributed by atoms with Crippen LogP contribution >= 0.6 is 0 Å². The van der Waals surface area contributed by atoms with Crippen LogP contribution in [0.1, 0.15) is 50.7 Å². The minimum Gasteiger partial charge on any atom is -0.485 e. The average molecular weight is 741 g/mol. The monoisotopic (exact) mass is 740 g/mol. The fourth-order valence-electron chi connectivity index (χ4n) is 5.88. The van der Waals surface area contributed by atoms with Crippen LogP contribution in [0.25, 0.3) is 0 Å². The Kier molecular flexibility index (Phi) is 11.6. The predicted molar refractivity (Wildman–Crippen MR) is 179 cm³/mol. The van der Waals surface area contributed by atoms with E-state index in [-0.39, 0.29) is 48.4 Å². The van der Waals surface area contributed by atoms with Gasteiger partial charge in [0.25, 0.3) is 0 Å². The lowest BCUT2D eigenvalue weighted by Gasteiger charge is -2.32. The fourth-order valence-corrected chi connectivity index (χ4v) is 5.88. The average Bonchev–Trinajstić information content (AvgIpc) is 4.03. The van der Waals surface area contributed by atoms with E-state index >= 15 is 0 Å². The van der Waals surface area contributed by atoms with Gasteiger partial charge in [0.05, 0.1) is 5.69 Å². The largest absolute Gasteiger partial charge is 0.485 e. The molecular weight excluding hydrogens is 700 g/mol. The second kappa shape index (κ2) is 15.6. The summed E-state index contributed by atoms with van der Waals surface area (Å²) in [4.78, 5) is 30.6. The van der Waals surface area contributed by atoms with Crippen LogP contribution < -0.4 is 15.4 Å². The maximum Gasteiger partial charge on any atom is 0.381 e. The first-order valence-corrected chi connectivity index (χ1v) is 16.9. The number of hydrogen-bond acceptors (Lipinski definition) is 3. The molecule has 5 rings (SSSR count). The minimum absolute atomic E-state index is 0.0554. The second-order valence-corrected chi connectivity index (χ2v) is 13.4. The van der Waals surface area contributed by atoms with Crippen molar-refractivity contribution in [2.75, 3.05) is 17.2 Å². The summed E-state index contributed by atoms with van der Waals surface area (Å²) in [7, 11) is 0. The summed E-state index contributed by atoms with van der Waals surface area (Å²) in [6.45, 7) is 1.71. The molecular formula is C37H40F8N4O3. The lowest BCUT2D eigenvalue weighted by Crippen LogP contribution is -2.59. The molecule has 0 aliphatic heterocycles. The third-order valence-corrected chi connectivity index (χ3v) is 9.54. The molecule has 0 radical (unpaired) electrons. The highest BCUT2D eigenvalue weighted by Gasteiger charge is 2.75. The Morgan fingerprint density at radius 3 is 1.63 bits per heavy atom. The molecule has 0 bridgehead atoms. The molecule has 4 amide bonds. The Bertz CT molecular complexity index is 1670. The van der Waals surface area contributed by atoms with Crippen LogP contribution in [0.15, 0.2) is 78.9 Å². The van der Waals surface area contributed by atoms with Crippen molar-refractivity contribution in [1.82, 2.24) is 9.80 Å². The number of carbonyl (C=O) groups is 2. The zero-order valence-corrected chi connectivity index (χ0v) is 28.5. The Balaban J connectivity index is 1.43. The Labute approximate surface area is 296 Å². The van der Waals surface area contributed by atoms with Crippen molar-refractivity contribution in [3.8, 4) is 5.75 Å². The van der Waals surface area contributed by atoms with Gasteiger partial charge in [0, 0.05) is 30.9 Å². The molecule has 2 atom stereocenters. The van der Waals surface area contributed by atoms with Crippen molar-refractivity contribution in [2.45, 2.75) is 88.9 Å². The van der Waals surface area contributed by atoms with Crippen molar-refractivity contribution < 1.29 is 49.4 Å². The van der Waals surface area contributed by atoms with Crippen molar-refractivity contribution in [3.63, 3.8) is 0 Å². The molecule has 0 heterocycles. The minimum atomic E-state index is -6.49. The number of benzene rings is 3. The number of urea groups is 2. The normalized spacial score (nSPS) is 16.2. The summed E-state index contributed by atoms with van der Waals surface area (Å²) in [5.74, 6) is -18.8. The number of hydrogen-bond donors (Lipinski definition) is 2. The lowest BCUT2D eigenvalue weighted by atomic mass is 10.1. The van der Waals surface area contributed by atoms with Gasteiger partial charge in [-0.05, 0) is 80.7 Å². The molecule has 0 saturated heterocycles. The van der Waals surface area contributed by atoms with Gasteiger partial charge in [-0.1, -0.05) is 60.7 Å². The van der Waals surface area contributed by atoms with Crippen LogP contribution in [-0.2, 0) is 13.1 Å². The summed E-state index contributed by atoms with van der Waals surface area (Å²) >= 11 is 0. The molecule has 2 N–H and O–H groups in total. The van der Waals surface area contributed by atoms with Gasteiger partial charge in [-0.15, -0.1) is 0 Å². The maximum absolute atomic E-state index is 14.5. The van der Waals surface area contributed by atoms with E-state index in [4.69, 9.17) is 4.74 Å². The SMILES string of the molecule is C[C@H](C1CC1)N(Cc1ccccc1)C(=O)Nc1ccc(OCC(F)(F)C(F)(F)C(F)(F)C(F)F)c(NC(=O)N(Cc2ccccc2)[C@@H](C)C2CC2)c1. The molecule has 0 aromatic heterocycles. The highest BCUT2D eigenvalue weighted by Crippen LogP contribution is 2.49. The van der Waals surface area contributed by atoms with E-state index in [0.29, 0.717) is 0 Å². The van der Waals surface area contributed by atoms with Crippen LogP contribution in [0.5, 0.6) is 5.75 Å². The smallest absolute Gasteiger partial charge is 0.381 e. The van der Waals surface area contributed by atoms with E-state index in [2.05, 4.69) is 10.6 Å². The Morgan fingerprint density at radius 1 is 0.731 bits per heavy atom. The molecule has 2 fully saturated rings. The van der Waals surface area contributed by atoms with Crippen molar-refractivity contribution in [3.05, 3.63) is 90.0 Å². The maximum atomic E-state index is 14.5. The number of nitrogens with one attached hydrogen (secondary N) is 2. The van der Waals surface area contributed by atoms with Crippen LogP contribution in [0.4, 0.5) is 56.1 Å². The number of anilines is 2. The van der Waals surface area contributed by atoms with E-state index in [1.165, 1.54) is 11.0 Å². The van der Waals surface area contributed by atoms with Crippen LogP contribution in [0.2, 0.25) is 0 Å². The summed E-state index contributed by atoms with van der Waals surface area (Å²) in [5.41, 5.74) is 1.32. The molecule has 2 aliphatic carbocycles. The van der Waals surface area contributed by atoms with Crippen LogP contribution in [-0.4, -0.2) is 64.7 Å². The van der Waals surface area contributed by atoms with Gasteiger partial charge >= 0.3 is 36.3 Å². The third-order valence-electron chi connectivity index (χ3n) is 9.54. The second-order valence-electron chi connectivity index (χ2n) is 13.4. The van der Waals surface area contributed by atoms with E-state index in [1.54, 1.807) is 35.2 Å². The quantitative estimate of drug-likeness (QED) is 0.144. The van der Waals surface area contributed by atoms with Crippen LogP contribution in [0.3, 0.4) is 0 Å². The van der Waals surface area contributed by atoms with Crippen LogP contribution in [0, 0.1) is 11.8 Å².